The molecule has 3 nitrogen and oxygen atoms in total. The zero-order valence-corrected chi connectivity index (χ0v) is 10.5. The van der Waals surface area contributed by atoms with Crippen LogP contribution >= 0.6 is 11.6 Å². The van der Waals surface area contributed by atoms with Crippen LogP contribution in [0.1, 0.15) is 30.9 Å². The SMILES string of the molecule is C#CCC(c1ccc(Cl)cc1)N1C(=O)CCC1=O. The molecule has 1 atom stereocenters. The van der Waals surface area contributed by atoms with E-state index in [1.807, 2.05) is 0 Å². The average molecular weight is 262 g/mol. The highest BCUT2D eigenvalue weighted by Gasteiger charge is 2.35. The lowest BCUT2D eigenvalue weighted by molar-refractivity contribution is -0.141. The van der Waals surface area contributed by atoms with E-state index < -0.39 is 0 Å². The Morgan fingerprint density at radius 2 is 1.78 bits per heavy atom. The van der Waals surface area contributed by atoms with Gasteiger partial charge in [0.1, 0.15) is 0 Å². The second-order valence-corrected chi connectivity index (χ2v) is 4.57. The molecule has 0 bridgehead atoms. The highest BCUT2D eigenvalue weighted by molar-refractivity contribution is 6.30. The molecule has 1 aromatic rings. The van der Waals surface area contributed by atoms with Gasteiger partial charge in [0.05, 0.1) is 6.04 Å². The summed E-state index contributed by atoms with van der Waals surface area (Å²) in [7, 11) is 0. The topological polar surface area (TPSA) is 37.4 Å². The fourth-order valence-electron chi connectivity index (χ4n) is 2.10. The van der Waals surface area contributed by atoms with Crippen LogP contribution in [-0.4, -0.2) is 16.7 Å². The van der Waals surface area contributed by atoms with Gasteiger partial charge in [-0.25, -0.2) is 0 Å². The second kappa shape index (κ2) is 5.24. The van der Waals surface area contributed by atoms with E-state index >= 15 is 0 Å². The Kier molecular flexibility index (Phi) is 3.69. The zero-order valence-electron chi connectivity index (χ0n) is 9.73. The second-order valence-electron chi connectivity index (χ2n) is 4.13. The predicted octanol–water partition coefficient (Wildman–Crippen LogP) is 2.55. The first kappa shape index (κ1) is 12.7. The fourth-order valence-corrected chi connectivity index (χ4v) is 2.22. The Balaban J connectivity index is 2.34. The normalized spacial score (nSPS) is 16.8. The maximum atomic E-state index is 11.8. The van der Waals surface area contributed by atoms with E-state index in [4.69, 9.17) is 18.0 Å². The number of carbonyl (C=O) groups is 2. The van der Waals surface area contributed by atoms with Crippen LogP contribution in [0.3, 0.4) is 0 Å². The van der Waals surface area contributed by atoms with Gasteiger partial charge in [0.15, 0.2) is 0 Å². The molecule has 1 fully saturated rings. The quantitative estimate of drug-likeness (QED) is 0.619. The van der Waals surface area contributed by atoms with Crippen molar-refractivity contribution in [1.82, 2.24) is 4.90 Å². The Morgan fingerprint density at radius 1 is 1.22 bits per heavy atom. The summed E-state index contributed by atoms with van der Waals surface area (Å²) in [5.74, 6) is 2.21. The summed E-state index contributed by atoms with van der Waals surface area (Å²) in [5, 5.41) is 0.609. The van der Waals surface area contributed by atoms with E-state index in [-0.39, 0.29) is 30.7 Å². The van der Waals surface area contributed by atoms with Gasteiger partial charge in [0, 0.05) is 24.3 Å². The van der Waals surface area contributed by atoms with Crippen LogP contribution in [-0.2, 0) is 9.59 Å². The molecule has 0 aliphatic carbocycles. The third kappa shape index (κ3) is 2.39. The van der Waals surface area contributed by atoms with E-state index in [1.54, 1.807) is 24.3 Å². The van der Waals surface area contributed by atoms with Gasteiger partial charge >= 0.3 is 0 Å². The lowest BCUT2D eigenvalue weighted by Gasteiger charge is -2.25. The lowest BCUT2D eigenvalue weighted by Crippen LogP contribution is -2.33. The number of halogens is 1. The number of terminal acetylenes is 1. The third-order valence-electron chi connectivity index (χ3n) is 2.97. The molecule has 1 unspecified atom stereocenters. The minimum absolute atomic E-state index is 0.157. The number of carbonyl (C=O) groups excluding carboxylic acids is 2. The van der Waals surface area contributed by atoms with Crippen LogP contribution in [0.4, 0.5) is 0 Å². The Hall–Kier alpha value is -1.79. The third-order valence-corrected chi connectivity index (χ3v) is 3.22. The fraction of sp³-hybridized carbons (Fsp3) is 0.286. The predicted molar refractivity (Wildman–Crippen MR) is 68.7 cm³/mol. The van der Waals surface area contributed by atoms with Gasteiger partial charge in [-0.3, -0.25) is 14.5 Å². The number of imide groups is 1. The lowest BCUT2D eigenvalue weighted by atomic mass is 10.0. The average Bonchev–Trinajstić information content (AvgIpc) is 2.68. The van der Waals surface area contributed by atoms with Crippen molar-refractivity contribution in [2.75, 3.05) is 0 Å². The van der Waals surface area contributed by atoms with Gasteiger partial charge in [-0.2, -0.15) is 0 Å². The summed E-state index contributed by atoms with van der Waals surface area (Å²) < 4.78 is 0. The Morgan fingerprint density at radius 3 is 2.28 bits per heavy atom. The molecule has 18 heavy (non-hydrogen) atoms. The number of nitrogens with zero attached hydrogens (tertiary/aromatic N) is 1. The summed E-state index contributed by atoms with van der Waals surface area (Å²) in [4.78, 5) is 24.8. The van der Waals surface area contributed by atoms with Gasteiger partial charge in [-0.05, 0) is 17.7 Å². The summed E-state index contributed by atoms with van der Waals surface area (Å²) in [5.41, 5.74) is 0.834. The highest BCUT2D eigenvalue weighted by Crippen LogP contribution is 2.30. The molecule has 0 radical (unpaired) electrons. The van der Waals surface area contributed by atoms with Gasteiger partial charge in [0.25, 0.3) is 0 Å². The van der Waals surface area contributed by atoms with E-state index in [1.165, 1.54) is 4.90 Å². The van der Waals surface area contributed by atoms with Crippen molar-refractivity contribution in [1.29, 1.82) is 0 Å². The van der Waals surface area contributed by atoms with Gasteiger partial charge in [-0.1, -0.05) is 23.7 Å². The van der Waals surface area contributed by atoms with Gasteiger partial charge in [-0.15, -0.1) is 12.3 Å². The molecule has 0 aromatic heterocycles. The van der Waals surface area contributed by atoms with Crippen molar-refractivity contribution < 1.29 is 9.59 Å². The smallest absolute Gasteiger partial charge is 0.230 e. The summed E-state index contributed by atoms with van der Waals surface area (Å²) in [6.45, 7) is 0. The van der Waals surface area contributed by atoms with E-state index in [0.717, 1.165) is 5.56 Å². The van der Waals surface area contributed by atoms with Crippen molar-refractivity contribution in [2.45, 2.75) is 25.3 Å². The summed E-state index contributed by atoms with van der Waals surface area (Å²) in [6.07, 6.45) is 6.19. The first-order valence-electron chi connectivity index (χ1n) is 5.67. The van der Waals surface area contributed by atoms with Crippen LogP contribution in [0.15, 0.2) is 24.3 Å². The molecule has 1 saturated heterocycles. The number of amides is 2. The van der Waals surface area contributed by atoms with E-state index in [2.05, 4.69) is 5.92 Å². The monoisotopic (exact) mass is 261 g/mol. The highest BCUT2D eigenvalue weighted by atomic mass is 35.5. The summed E-state index contributed by atoms with van der Waals surface area (Å²) in [6, 6.07) is 6.67. The first-order valence-corrected chi connectivity index (χ1v) is 6.05. The van der Waals surface area contributed by atoms with Crippen molar-refractivity contribution in [3.05, 3.63) is 34.9 Å². The minimum Gasteiger partial charge on any atom is -0.274 e. The van der Waals surface area contributed by atoms with Crippen molar-refractivity contribution in [3.63, 3.8) is 0 Å². The van der Waals surface area contributed by atoms with Gasteiger partial charge in [0.2, 0.25) is 11.8 Å². The van der Waals surface area contributed by atoms with Crippen molar-refractivity contribution in [2.24, 2.45) is 0 Å². The van der Waals surface area contributed by atoms with Crippen molar-refractivity contribution in [3.8, 4) is 12.3 Å². The van der Waals surface area contributed by atoms with Crippen LogP contribution in [0.2, 0.25) is 5.02 Å². The van der Waals surface area contributed by atoms with E-state index in [9.17, 15) is 9.59 Å². The molecule has 92 valence electrons. The standard InChI is InChI=1S/C14H12ClNO2/c1-2-3-12(10-4-6-11(15)7-5-10)16-13(17)8-9-14(16)18/h1,4-7,12H,3,8-9H2. The molecule has 2 amide bonds. The van der Waals surface area contributed by atoms with E-state index in [0.29, 0.717) is 11.4 Å². The largest absolute Gasteiger partial charge is 0.274 e. The maximum Gasteiger partial charge on any atom is 0.230 e. The number of hydrogen-bond acceptors (Lipinski definition) is 2. The number of rotatable bonds is 3. The van der Waals surface area contributed by atoms with Crippen LogP contribution in [0.25, 0.3) is 0 Å². The molecular weight excluding hydrogens is 250 g/mol. The van der Waals surface area contributed by atoms with Crippen LogP contribution in [0.5, 0.6) is 0 Å². The van der Waals surface area contributed by atoms with Crippen molar-refractivity contribution >= 4 is 23.4 Å². The Bertz CT molecular complexity index is 500. The molecule has 4 heteroatoms. The maximum absolute atomic E-state index is 11.8. The molecule has 0 saturated carbocycles. The number of likely N-dealkylation sites (tertiary alicyclic amines) is 1. The summed E-state index contributed by atoms with van der Waals surface area (Å²) >= 11 is 5.82. The molecular formula is C14H12ClNO2. The van der Waals surface area contributed by atoms with Crippen LogP contribution in [0, 0.1) is 12.3 Å². The Labute approximate surface area is 111 Å². The molecule has 1 aliphatic rings. The van der Waals surface area contributed by atoms with Crippen LogP contribution < -0.4 is 0 Å². The zero-order chi connectivity index (χ0) is 13.1. The number of hydrogen-bond donors (Lipinski definition) is 0. The molecule has 1 heterocycles. The first-order chi connectivity index (χ1) is 8.63. The molecule has 2 rings (SSSR count). The molecule has 0 spiro atoms. The molecule has 1 aliphatic heterocycles. The minimum atomic E-state index is -0.380. The molecule has 0 N–H and O–H groups in total. The molecule has 1 aromatic carbocycles. The number of benzene rings is 1. The van der Waals surface area contributed by atoms with Gasteiger partial charge < -0.3 is 0 Å².